The highest BCUT2D eigenvalue weighted by Gasteiger charge is 2.52. The van der Waals surface area contributed by atoms with Gasteiger partial charge in [-0.25, -0.2) is 4.79 Å². The van der Waals surface area contributed by atoms with E-state index in [4.69, 9.17) is 0 Å². The minimum absolute atomic E-state index is 0.0702. The molecule has 0 aromatic heterocycles. The fourth-order valence-corrected chi connectivity index (χ4v) is 4.37. The lowest BCUT2D eigenvalue weighted by molar-refractivity contribution is -0.154. The smallest absolute Gasteiger partial charge is 0.326 e. The predicted octanol–water partition coefficient (Wildman–Crippen LogP) is 1.09. The van der Waals surface area contributed by atoms with Crippen LogP contribution < -0.4 is 5.32 Å². The van der Waals surface area contributed by atoms with Gasteiger partial charge in [-0.2, -0.15) is 0 Å². The highest BCUT2D eigenvalue weighted by molar-refractivity contribution is 5.88. The summed E-state index contributed by atoms with van der Waals surface area (Å²) in [7, 11) is 0. The fourth-order valence-electron chi connectivity index (χ4n) is 4.37. The highest BCUT2D eigenvalue weighted by Crippen LogP contribution is 2.44. The van der Waals surface area contributed by atoms with E-state index in [1.54, 1.807) is 4.90 Å². The third-order valence-electron chi connectivity index (χ3n) is 5.63. The Balaban J connectivity index is 1.81. The first-order valence-corrected chi connectivity index (χ1v) is 7.77. The third-order valence-corrected chi connectivity index (χ3v) is 5.63. The molecule has 1 amide bonds. The van der Waals surface area contributed by atoms with Gasteiger partial charge in [0.1, 0.15) is 6.04 Å². The van der Waals surface area contributed by atoms with Crippen molar-refractivity contribution in [1.82, 2.24) is 10.2 Å². The van der Waals surface area contributed by atoms with Gasteiger partial charge in [0.25, 0.3) is 0 Å². The molecule has 2 saturated heterocycles. The van der Waals surface area contributed by atoms with Gasteiger partial charge in [-0.3, -0.25) is 4.79 Å². The Labute approximate surface area is 119 Å². The minimum atomic E-state index is -0.815. The average molecular weight is 280 g/mol. The summed E-state index contributed by atoms with van der Waals surface area (Å²) in [6.07, 6.45) is 4.77. The predicted molar refractivity (Wildman–Crippen MR) is 74.2 cm³/mol. The summed E-state index contributed by atoms with van der Waals surface area (Å²) in [5.41, 5.74) is -0.377. The SMILES string of the molecule is CC1(C(=O)N2CC3CCCC3C2C(=O)O)CCNCC1. The van der Waals surface area contributed by atoms with Crippen LogP contribution in [0.1, 0.15) is 39.0 Å². The highest BCUT2D eigenvalue weighted by atomic mass is 16.4. The summed E-state index contributed by atoms with van der Waals surface area (Å²) in [4.78, 5) is 26.2. The third kappa shape index (κ3) is 2.12. The summed E-state index contributed by atoms with van der Waals surface area (Å²) in [6, 6.07) is -0.582. The molecule has 1 aliphatic carbocycles. The number of amides is 1. The maximum atomic E-state index is 12.9. The summed E-state index contributed by atoms with van der Waals surface area (Å²) in [5.74, 6) is -0.154. The fraction of sp³-hybridized carbons (Fsp3) is 0.867. The molecule has 5 heteroatoms. The number of hydrogen-bond acceptors (Lipinski definition) is 3. The topological polar surface area (TPSA) is 69.6 Å². The lowest BCUT2D eigenvalue weighted by Crippen LogP contribution is -2.52. The Morgan fingerprint density at radius 3 is 2.60 bits per heavy atom. The lowest BCUT2D eigenvalue weighted by atomic mass is 9.79. The number of likely N-dealkylation sites (tertiary alicyclic amines) is 1. The van der Waals surface area contributed by atoms with Crippen molar-refractivity contribution in [2.45, 2.75) is 45.1 Å². The van der Waals surface area contributed by atoms with Crippen molar-refractivity contribution in [3.05, 3.63) is 0 Å². The summed E-state index contributed by atoms with van der Waals surface area (Å²) in [6.45, 7) is 4.36. The van der Waals surface area contributed by atoms with E-state index in [0.29, 0.717) is 12.5 Å². The largest absolute Gasteiger partial charge is 0.480 e. The molecule has 2 heterocycles. The second kappa shape index (κ2) is 5.02. The normalized spacial score (nSPS) is 35.9. The molecule has 3 atom stereocenters. The monoisotopic (exact) mass is 280 g/mol. The second-order valence-electron chi connectivity index (χ2n) is 6.91. The molecular weight excluding hydrogens is 256 g/mol. The zero-order valence-corrected chi connectivity index (χ0v) is 12.1. The molecule has 112 valence electrons. The number of rotatable bonds is 2. The molecule has 3 unspecified atom stereocenters. The molecule has 2 N–H and O–H groups in total. The van der Waals surface area contributed by atoms with E-state index in [2.05, 4.69) is 5.32 Å². The number of aliphatic carboxylic acids is 1. The van der Waals surface area contributed by atoms with Crippen molar-refractivity contribution in [3.63, 3.8) is 0 Å². The van der Waals surface area contributed by atoms with Crippen LogP contribution in [0.3, 0.4) is 0 Å². The zero-order valence-electron chi connectivity index (χ0n) is 12.1. The van der Waals surface area contributed by atoms with Crippen LogP contribution in [0, 0.1) is 17.3 Å². The van der Waals surface area contributed by atoms with E-state index in [-0.39, 0.29) is 17.2 Å². The van der Waals surface area contributed by atoms with E-state index in [1.807, 2.05) is 6.92 Å². The molecule has 0 spiro atoms. The number of fused-ring (bicyclic) bond motifs is 1. The van der Waals surface area contributed by atoms with Crippen LogP contribution in [-0.2, 0) is 9.59 Å². The van der Waals surface area contributed by atoms with Crippen molar-refractivity contribution >= 4 is 11.9 Å². The molecule has 0 radical (unpaired) electrons. The molecule has 5 nitrogen and oxygen atoms in total. The standard InChI is InChI=1S/C15H24N2O3/c1-15(5-7-16-8-6-15)14(20)17-9-10-3-2-4-11(10)12(17)13(18)19/h10-12,16H,2-9H2,1H3,(H,18,19). The number of nitrogens with one attached hydrogen (secondary N) is 1. The number of carboxylic acid groups (broad SMARTS) is 1. The Hall–Kier alpha value is -1.10. The Kier molecular flexibility index (Phi) is 3.48. The zero-order chi connectivity index (χ0) is 14.3. The molecule has 2 aliphatic heterocycles. The van der Waals surface area contributed by atoms with Gasteiger partial charge in [0.15, 0.2) is 0 Å². The van der Waals surface area contributed by atoms with E-state index < -0.39 is 12.0 Å². The van der Waals surface area contributed by atoms with Crippen molar-refractivity contribution in [2.75, 3.05) is 19.6 Å². The van der Waals surface area contributed by atoms with Gasteiger partial charge >= 0.3 is 5.97 Å². The molecule has 0 aromatic rings. The maximum Gasteiger partial charge on any atom is 0.326 e. The molecule has 3 rings (SSSR count). The molecule has 3 fully saturated rings. The Morgan fingerprint density at radius 2 is 1.95 bits per heavy atom. The molecule has 0 bridgehead atoms. The van der Waals surface area contributed by atoms with Crippen LogP contribution in [0.25, 0.3) is 0 Å². The van der Waals surface area contributed by atoms with Gasteiger partial charge in [0, 0.05) is 12.0 Å². The molecule has 20 heavy (non-hydrogen) atoms. The van der Waals surface area contributed by atoms with E-state index in [9.17, 15) is 14.7 Å². The second-order valence-corrected chi connectivity index (χ2v) is 6.91. The molecular formula is C15H24N2O3. The van der Waals surface area contributed by atoms with E-state index in [0.717, 1.165) is 45.2 Å². The van der Waals surface area contributed by atoms with Crippen LogP contribution in [0.15, 0.2) is 0 Å². The van der Waals surface area contributed by atoms with Gasteiger partial charge in [-0.05, 0) is 50.6 Å². The van der Waals surface area contributed by atoms with Gasteiger partial charge < -0.3 is 15.3 Å². The van der Waals surface area contributed by atoms with Gasteiger partial charge in [-0.15, -0.1) is 0 Å². The van der Waals surface area contributed by atoms with Crippen molar-refractivity contribution in [1.29, 1.82) is 0 Å². The number of piperidine rings is 1. The minimum Gasteiger partial charge on any atom is -0.480 e. The van der Waals surface area contributed by atoms with Gasteiger partial charge in [0.05, 0.1) is 0 Å². The Morgan fingerprint density at radius 1 is 1.25 bits per heavy atom. The van der Waals surface area contributed by atoms with Crippen molar-refractivity contribution in [2.24, 2.45) is 17.3 Å². The molecule has 0 aromatic carbocycles. The van der Waals surface area contributed by atoms with Crippen LogP contribution in [0.5, 0.6) is 0 Å². The first kappa shape index (κ1) is 13.9. The number of nitrogens with zero attached hydrogens (tertiary/aromatic N) is 1. The number of carbonyl (C=O) groups is 2. The van der Waals surface area contributed by atoms with Crippen molar-refractivity contribution in [3.8, 4) is 0 Å². The Bertz CT molecular complexity index is 417. The van der Waals surface area contributed by atoms with Crippen LogP contribution >= 0.6 is 0 Å². The lowest BCUT2D eigenvalue weighted by Gasteiger charge is -2.38. The molecule has 1 saturated carbocycles. The summed E-state index contributed by atoms with van der Waals surface area (Å²) < 4.78 is 0. The summed E-state index contributed by atoms with van der Waals surface area (Å²) >= 11 is 0. The first-order valence-electron chi connectivity index (χ1n) is 7.77. The number of carboxylic acids is 1. The van der Waals surface area contributed by atoms with E-state index in [1.165, 1.54) is 0 Å². The number of carbonyl (C=O) groups excluding carboxylic acids is 1. The maximum absolute atomic E-state index is 12.9. The van der Waals surface area contributed by atoms with Gasteiger partial charge in [-0.1, -0.05) is 13.3 Å². The average Bonchev–Trinajstić information content (AvgIpc) is 2.97. The van der Waals surface area contributed by atoms with Crippen LogP contribution in [0.2, 0.25) is 0 Å². The van der Waals surface area contributed by atoms with Crippen LogP contribution in [0.4, 0.5) is 0 Å². The number of hydrogen-bond donors (Lipinski definition) is 2. The van der Waals surface area contributed by atoms with Crippen LogP contribution in [-0.4, -0.2) is 47.6 Å². The van der Waals surface area contributed by atoms with Crippen molar-refractivity contribution < 1.29 is 14.7 Å². The summed E-state index contributed by atoms with van der Waals surface area (Å²) in [5, 5.41) is 12.8. The molecule has 3 aliphatic rings. The van der Waals surface area contributed by atoms with Gasteiger partial charge in [0.2, 0.25) is 5.91 Å². The van der Waals surface area contributed by atoms with E-state index >= 15 is 0 Å². The first-order chi connectivity index (χ1) is 9.53. The quantitative estimate of drug-likeness (QED) is 0.794.